The molecule has 2 aromatic rings. The molecule has 5 heteroatoms. The van der Waals surface area contributed by atoms with Gasteiger partial charge in [-0.25, -0.2) is 4.79 Å². The van der Waals surface area contributed by atoms with E-state index in [1.807, 2.05) is 19.9 Å². The maximum atomic E-state index is 11.6. The Labute approximate surface area is 108 Å². The van der Waals surface area contributed by atoms with Crippen molar-refractivity contribution < 1.29 is 9.90 Å². The lowest BCUT2D eigenvalue weighted by molar-refractivity contribution is 0.0702. The van der Waals surface area contributed by atoms with Crippen molar-refractivity contribution in [1.82, 2.24) is 4.98 Å². The topological polar surface area (TPSA) is 70.2 Å². The third-order valence-corrected chi connectivity index (χ3v) is 3.88. The number of hydrogen-bond donors (Lipinski definition) is 2. The van der Waals surface area contributed by atoms with Crippen LogP contribution < -0.4 is 5.56 Å². The van der Waals surface area contributed by atoms with Crippen LogP contribution in [0.2, 0.25) is 0 Å². The van der Waals surface area contributed by atoms with E-state index in [0.717, 1.165) is 16.1 Å². The van der Waals surface area contributed by atoms with E-state index in [4.69, 9.17) is 5.11 Å². The van der Waals surface area contributed by atoms with E-state index in [1.165, 1.54) is 11.3 Å². The van der Waals surface area contributed by atoms with Gasteiger partial charge in [0.05, 0.1) is 0 Å². The van der Waals surface area contributed by atoms with Crippen LogP contribution in [0.25, 0.3) is 10.4 Å². The quantitative estimate of drug-likeness (QED) is 0.894. The van der Waals surface area contributed by atoms with Crippen molar-refractivity contribution in [2.45, 2.75) is 20.3 Å². The van der Waals surface area contributed by atoms with Crippen molar-refractivity contribution in [3.63, 3.8) is 0 Å². The van der Waals surface area contributed by atoms with E-state index in [1.54, 1.807) is 12.1 Å². The average Bonchev–Trinajstić information content (AvgIpc) is 2.78. The van der Waals surface area contributed by atoms with Crippen molar-refractivity contribution in [2.24, 2.45) is 0 Å². The number of aromatic carboxylic acids is 1. The van der Waals surface area contributed by atoms with E-state index in [-0.39, 0.29) is 5.56 Å². The highest BCUT2D eigenvalue weighted by atomic mass is 32.1. The van der Waals surface area contributed by atoms with Crippen LogP contribution in [0.1, 0.15) is 27.9 Å². The minimum Gasteiger partial charge on any atom is -0.477 e. The molecule has 2 rings (SSSR count). The number of nitrogens with one attached hydrogen (secondary N) is 1. The molecule has 4 nitrogen and oxygen atoms in total. The molecule has 2 heterocycles. The molecule has 0 aliphatic carbocycles. The number of aromatic amines is 1. The summed E-state index contributed by atoms with van der Waals surface area (Å²) in [4.78, 5) is 26.4. The van der Waals surface area contributed by atoms with Crippen LogP contribution in [-0.2, 0) is 6.42 Å². The van der Waals surface area contributed by atoms with Crippen LogP contribution in [0.3, 0.4) is 0 Å². The molecule has 0 radical (unpaired) electrons. The molecule has 2 aromatic heterocycles. The minimum atomic E-state index is -0.927. The molecule has 0 unspecified atom stereocenters. The van der Waals surface area contributed by atoms with Gasteiger partial charge in [-0.3, -0.25) is 4.79 Å². The molecule has 0 spiro atoms. The normalized spacial score (nSPS) is 10.6. The monoisotopic (exact) mass is 263 g/mol. The van der Waals surface area contributed by atoms with Gasteiger partial charge in [-0.1, -0.05) is 6.92 Å². The van der Waals surface area contributed by atoms with Crippen molar-refractivity contribution >= 4 is 17.3 Å². The zero-order valence-corrected chi connectivity index (χ0v) is 10.9. The fourth-order valence-electron chi connectivity index (χ4n) is 1.78. The van der Waals surface area contributed by atoms with Crippen molar-refractivity contribution in [1.29, 1.82) is 0 Å². The summed E-state index contributed by atoms with van der Waals surface area (Å²) in [6, 6.07) is 5.19. The number of carboxylic acids is 1. The number of carboxylic acid groups (broad SMARTS) is 1. The van der Waals surface area contributed by atoms with Gasteiger partial charge in [0.25, 0.3) is 5.56 Å². The zero-order valence-electron chi connectivity index (χ0n) is 10.1. The average molecular weight is 263 g/mol. The van der Waals surface area contributed by atoms with Gasteiger partial charge in [-0.15, -0.1) is 11.3 Å². The standard InChI is InChI=1S/C13H13NO3S/c1-3-8-6-9(7(2)14-12(8)15)10-4-5-11(18-10)13(16)17/h4-6H,3H2,1-2H3,(H,14,15)(H,16,17). The van der Waals surface area contributed by atoms with E-state index in [2.05, 4.69) is 4.98 Å². The Bertz CT molecular complexity index is 654. The second-order valence-corrected chi connectivity index (χ2v) is 5.07. The Hall–Kier alpha value is -1.88. The first-order valence-corrected chi connectivity index (χ1v) is 6.41. The van der Waals surface area contributed by atoms with E-state index >= 15 is 0 Å². The lowest BCUT2D eigenvalue weighted by atomic mass is 10.1. The third kappa shape index (κ3) is 2.22. The first-order chi connectivity index (χ1) is 8.52. The SMILES string of the molecule is CCc1cc(-c2ccc(C(=O)O)s2)c(C)[nH]c1=O. The van der Waals surface area contributed by atoms with E-state index in [9.17, 15) is 9.59 Å². The van der Waals surface area contributed by atoms with E-state index in [0.29, 0.717) is 16.9 Å². The smallest absolute Gasteiger partial charge is 0.345 e. The summed E-state index contributed by atoms with van der Waals surface area (Å²) in [5.41, 5.74) is 2.29. The fraction of sp³-hybridized carbons (Fsp3) is 0.231. The lowest BCUT2D eigenvalue weighted by Crippen LogP contribution is -2.13. The Morgan fingerprint density at radius 2 is 2.17 bits per heavy atom. The van der Waals surface area contributed by atoms with Gasteiger partial charge in [0.1, 0.15) is 4.88 Å². The molecule has 0 fully saturated rings. The maximum Gasteiger partial charge on any atom is 0.345 e. The van der Waals surface area contributed by atoms with Crippen LogP contribution in [0, 0.1) is 6.92 Å². The Morgan fingerprint density at radius 1 is 1.44 bits per heavy atom. The Morgan fingerprint density at radius 3 is 2.72 bits per heavy atom. The first kappa shape index (κ1) is 12.6. The molecule has 0 bridgehead atoms. The first-order valence-electron chi connectivity index (χ1n) is 5.59. The molecule has 94 valence electrons. The number of rotatable bonds is 3. The summed E-state index contributed by atoms with van der Waals surface area (Å²) >= 11 is 1.21. The van der Waals surface area contributed by atoms with Crippen LogP contribution >= 0.6 is 11.3 Å². The predicted octanol–water partition coefficient (Wildman–Crippen LogP) is 2.67. The molecule has 0 saturated heterocycles. The maximum absolute atomic E-state index is 11.6. The van der Waals surface area contributed by atoms with Gasteiger partial charge in [0.2, 0.25) is 0 Å². The second-order valence-electron chi connectivity index (χ2n) is 3.98. The summed E-state index contributed by atoms with van der Waals surface area (Å²) in [5, 5.41) is 8.91. The number of carbonyl (C=O) groups is 1. The lowest BCUT2D eigenvalue weighted by Gasteiger charge is -2.05. The Kier molecular flexibility index (Phi) is 3.34. The van der Waals surface area contributed by atoms with Gasteiger partial charge in [0.15, 0.2) is 0 Å². The van der Waals surface area contributed by atoms with E-state index < -0.39 is 5.97 Å². The molecule has 0 aliphatic rings. The molecule has 2 N–H and O–H groups in total. The summed E-state index contributed by atoms with van der Waals surface area (Å²) in [5.74, 6) is -0.927. The van der Waals surface area contributed by atoms with Crippen molar-refractivity contribution in [3.8, 4) is 10.4 Å². The molecule has 0 atom stereocenters. The van der Waals surface area contributed by atoms with Gasteiger partial charge < -0.3 is 10.1 Å². The highest BCUT2D eigenvalue weighted by Crippen LogP contribution is 2.29. The minimum absolute atomic E-state index is 0.0752. The summed E-state index contributed by atoms with van der Waals surface area (Å²) in [6.07, 6.45) is 0.653. The van der Waals surface area contributed by atoms with Gasteiger partial charge in [0, 0.05) is 21.7 Å². The predicted molar refractivity (Wildman–Crippen MR) is 71.5 cm³/mol. The number of aryl methyl sites for hydroxylation is 2. The van der Waals surface area contributed by atoms with Crippen LogP contribution in [0.5, 0.6) is 0 Å². The summed E-state index contributed by atoms with van der Waals surface area (Å²) in [6.45, 7) is 3.73. The zero-order chi connectivity index (χ0) is 13.3. The highest BCUT2D eigenvalue weighted by molar-refractivity contribution is 7.17. The van der Waals surface area contributed by atoms with Crippen LogP contribution in [0.15, 0.2) is 23.0 Å². The Balaban J connectivity index is 2.55. The highest BCUT2D eigenvalue weighted by Gasteiger charge is 2.12. The molecular weight excluding hydrogens is 250 g/mol. The molecule has 0 amide bonds. The molecule has 0 aromatic carbocycles. The molecule has 0 saturated carbocycles. The molecular formula is C13H13NO3S. The second kappa shape index (κ2) is 4.78. The van der Waals surface area contributed by atoms with Crippen LogP contribution in [0.4, 0.5) is 0 Å². The van der Waals surface area contributed by atoms with Gasteiger partial charge in [-0.2, -0.15) is 0 Å². The number of hydrogen-bond acceptors (Lipinski definition) is 3. The molecule has 18 heavy (non-hydrogen) atoms. The summed E-state index contributed by atoms with van der Waals surface area (Å²) in [7, 11) is 0. The van der Waals surface area contributed by atoms with Crippen molar-refractivity contribution in [3.05, 3.63) is 44.7 Å². The van der Waals surface area contributed by atoms with Crippen LogP contribution in [-0.4, -0.2) is 16.1 Å². The number of aromatic nitrogens is 1. The third-order valence-electron chi connectivity index (χ3n) is 2.78. The molecule has 0 aliphatic heterocycles. The fourth-order valence-corrected chi connectivity index (χ4v) is 2.70. The van der Waals surface area contributed by atoms with Gasteiger partial charge in [-0.05, 0) is 31.5 Å². The largest absolute Gasteiger partial charge is 0.477 e. The van der Waals surface area contributed by atoms with Crippen molar-refractivity contribution in [2.75, 3.05) is 0 Å². The number of thiophene rings is 1. The summed E-state index contributed by atoms with van der Waals surface area (Å²) < 4.78 is 0. The number of pyridine rings is 1. The van der Waals surface area contributed by atoms with Gasteiger partial charge >= 0.3 is 5.97 Å². The number of H-pyrrole nitrogens is 1.